The van der Waals surface area contributed by atoms with Crippen molar-refractivity contribution in [3.63, 3.8) is 0 Å². The van der Waals surface area contributed by atoms with Crippen LogP contribution in [0.3, 0.4) is 0 Å². The summed E-state index contributed by atoms with van der Waals surface area (Å²) in [6.45, 7) is 4.01. The van der Waals surface area contributed by atoms with Crippen molar-refractivity contribution in [3.8, 4) is 11.5 Å². The SMILES string of the molecule is COc1cc(CNc2ccc(N3CCOCC3)c(Cl)c2)ccc1OCc1c(Cl)cccc1Cl. The van der Waals surface area contributed by atoms with Crippen molar-refractivity contribution in [2.45, 2.75) is 13.2 Å². The number of halogens is 3. The quantitative estimate of drug-likeness (QED) is 0.368. The topological polar surface area (TPSA) is 43.0 Å². The number of ether oxygens (including phenoxy) is 3. The summed E-state index contributed by atoms with van der Waals surface area (Å²) in [6.07, 6.45) is 0. The molecule has 1 saturated heterocycles. The highest BCUT2D eigenvalue weighted by Gasteiger charge is 2.15. The molecular formula is C25H25Cl3N2O3. The number of benzene rings is 3. The van der Waals surface area contributed by atoms with Crippen LogP contribution in [0.2, 0.25) is 15.1 Å². The van der Waals surface area contributed by atoms with Gasteiger partial charge in [-0.25, -0.2) is 0 Å². The summed E-state index contributed by atoms with van der Waals surface area (Å²) in [5, 5.41) is 5.28. The predicted molar refractivity (Wildman–Crippen MR) is 136 cm³/mol. The van der Waals surface area contributed by atoms with Crippen LogP contribution >= 0.6 is 34.8 Å². The highest BCUT2D eigenvalue weighted by Crippen LogP contribution is 2.33. The Morgan fingerprint density at radius 3 is 2.36 bits per heavy atom. The van der Waals surface area contributed by atoms with Gasteiger partial charge in [-0.3, -0.25) is 0 Å². The molecule has 1 heterocycles. The number of nitrogens with one attached hydrogen (secondary N) is 1. The minimum atomic E-state index is 0.250. The van der Waals surface area contributed by atoms with Gasteiger partial charge in [0.2, 0.25) is 0 Å². The Morgan fingerprint density at radius 1 is 0.909 bits per heavy atom. The lowest BCUT2D eigenvalue weighted by Crippen LogP contribution is -2.36. The lowest BCUT2D eigenvalue weighted by Gasteiger charge is -2.29. The summed E-state index contributed by atoms with van der Waals surface area (Å²) in [6, 6.07) is 17.2. The van der Waals surface area contributed by atoms with E-state index in [9.17, 15) is 0 Å². The Morgan fingerprint density at radius 2 is 1.67 bits per heavy atom. The fourth-order valence-electron chi connectivity index (χ4n) is 3.64. The first-order valence-corrected chi connectivity index (χ1v) is 11.8. The summed E-state index contributed by atoms with van der Waals surface area (Å²) in [7, 11) is 1.62. The zero-order chi connectivity index (χ0) is 23.2. The summed E-state index contributed by atoms with van der Waals surface area (Å²) in [5.74, 6) is 1.26. The van der Waals surface area contributed by atoms with Crippen LogP contribution in [0.5, 0.6) is 11.5 Å². The molecule has 1 fully saturated rings. The molecule has 0 spiro atoms. The van der Waals surface area contributed by atoms with Crippen LogP contribution in [0.25, 0.3) is 0 Å². The number of anilines is 2. The highest BCUT2D eigenvalue weighted by atomic mass is 35.5. The smallest absolute Gasteiger partial charge is 0.161 e. The number of nitrogens with zero attached hydrogens (tertiary/aromatic N) is 1. The van der Waals surface area contributed by atoms with Crippen LogP contribution in [-0.2, 0) is 17.9 Å². The summed E-state index contributed by atoms with van der Waals surface area (Å²) < 4.78 is 16.9. The maximum Gasteiger partial charge on any atom is 0.161 e. The van der Waals surface area contributed by atoms with Gasteiger partial charge in [-0.15, -0.1) is 0 Å². The van der Waals surface area contributed by atoms with Gasteiger partial charge in [0.15, 0.2) is 11.5 Å². The zero-order valence-corrected chi connectivity index (χ0v) is 20.5. The van der Waals surface area contributed by atoms with Crippen molar-refractivity contribution in [3.05, 3.63) is 80.8 Å². The molecule has 0 amide bonds. The second kappa shape index (κ2) is 11.2. The van der Waals surface area contributed by atoms with E-state index in [1.165, 1.54) is 0 Å². The average molecular weight is 508 g/mol. The molecule has 4 rings (SSSR count). The Kier molecular flexibility index (Phi) is 8.10. The van der Waals surface area contributed by atoms with E-state index in [1.807, 2.05) is 36.4 Å². The molecular weight excluding hydrogens is 483 g/mol. The molecule has 5 nitrogen and oxygen atoms in total. The molecule has 0 aromatic heterocycles. The monoisotopic (exact) mass is 506 g/mol. The fourth-order valence-corrected chi connectivity index (χ4v) is 4.45. The molecule has 0 saturated carbocycles. The first-order valence-electron chi connectivity index (χ1n) is 10.6. The van der Waals surface area contributed by atoms with Gasteiger partial charge in [0, 0.05) is 40.9 Å². The third-order valence-electron chi connectivity index (χ3n) is 5.46. The van der Waals surface area contributed by atoms with Crippen molar-refractivity contribution < 1.29 is 14.2 Å². The van der Waals surface area contributed by atoms with Crippen molar-refractivity contribution in [2.75, 3.05) is 43.6 Å². The Labute approximate surface area is 209 Å². The number of hydrogen-bond acceptors (Lipinski definition) is 5. The third-order valence-corrected chi connectivity index (χ3v) is 6.47. The minimum Gasteiger partial charge on any atom is -0.493 e. The standard InChI is InChI=1S/C25H25Cl3N2O3/c1-31-25-13-17(5-8-24(25)33-16-19-20(26)3-2-4-21(19)27)15-29-18-6-7-23(22(28)14-18)30-9-11-32-12-10-30/h2-8,13-14,29H,9-12,15-16H2,1H3. The molecule has 0 aliphatic carbocycles. The first-order chi connectivity index (χ1) is 16.0. The van der Waals surface area contributed by atoms with Gasteiger partial charge in [-0.1, -0.05) is 46.9 Å². The minimum absolute atomic E-state index is 0.250. The molecule has 0 radical (unpaired) electrons. The molecule has 174 valence electrons. The van der Waals surface area contributed by atoms with Gasteiger partial charge in [-0.2, -0.15) is 0 Å². The van der Waals surface area contributed by atoms with Crippen LogP contribution < -0.4 is 19.7 Å². The van der Waals surface area contributed by atoms with Crippen molar-refractivity contribution in [1.29, 1.82) is 0 Å². The van der Waals surface area contributed by atoms with Crippen LogP contribution in [-0.4, -0.2) is 33.4 Å². The van der Waals surface area contributed by atoms with Crippen molar-refractivity contribution in [2.24, 2.45) is 0 Å². The summed E-state index contributed by atoms with van der Waals surface area (Å²) >= 11 is 19.0. The molecule has 3 aromatic carbocycles. The lowest BCUT2D eigenvalue weighted by atomic mass is 10.2. The molecule has 0 bridgehead atoms. The normalized spacial score (nSPS) is 13.6. The molecule has 8 heteroatoms. The van der Waals surface area contributed by atoms with E-state index < -0.39 is 0 Å². The Hall–Kier alpha value is -2.31. The van der Waals surface area contributed by atoms with Crippen molar-refractivity contribution in [1.82, 2.24) is 0 Å². The van der Waals surface area contributed by atoms with Crippen LogP contribution in [0.1, 0.15) is 11.1 Å². The molecule has 1 aliphatic rings. The number of rotatable bonds is 8. The van der Waals surface area contributed by atoms with Crippen LogP contribution in [0.4, 0.5) is 11.4 Å². The molecule has 1 N–H and O–H groups in total. The van der Waals surface area contributed by atoms with Gasteiger partial charge >= 0.3 is 0 Å². The fraction of sp³-hybridized carbons (Fsp3) is 0.280. The van der Waals surface area contributed by atoms with E-state index in [1.54, 1.807) is 25.3 Å². The molecule has 1 aliphatic heterocycles. The molecule has 0 unspecified atom stereocenters. The summed E-state index contributed by atoms with van der Waals surface area (Å²) in [5.41, 5.74) is 3.77. The second-order valence-electron chi connectivity index (χ2n) is 7.59. The first kappa shape index (κ1) is 23.8. The van der Waals surface area contributed by atoms with Gasteiger partial charge in [-0.05, 0) is 48.0 Å². The van der Waals surface area contributed by atoms with Gasteiger partial charge in [0.05, 0.1) is 31.0 Å². The largest absolute Gasteiger partial charge is 0.493 e. The average Bonchev–Trinajstić information content (AvgIpc) is 2.83. The maximum absolute atomic E-state index is 6.54. The number of morpholine rings is 1. The van der Waals surface area contributed by atoms with Crippen LogP contribution in [0.15, 0.2) is 54.6 Å². The van der Waals surface area contributed by atoms with E-state index in [2.05, 4.69) is 10.2 Å². The van der Waals surface area contributed by atoms with E-state index in [4.69, 9.17) is 49.0 Å². The molecule has 33 heavy (non-hydrogen) atoms. The zero-order valence-electron chi connectivity index (χ0n) is 18.2. The van der Waals surface area contributed by atoms with E-state index in [-0.39, 0.29) is 6.61 Å². The Balaban J connectivity index is 1.39. The van der Waals surface area contributed by atoms with Gasteiger partial charge in [0.25, 0.3) is 0 Å². The second-order valence-corrected chi connectivity index (χ2v) is 8.81. The predicted octanol–water partition coefficient (Wildman–Crippen LogP) is 6.68. The van der Waals surface area contributed by atoms with E-state index in [0.29, 0.717) is 28.1 Å². The van der Waals surface area contributed by atoms with E-state index >= 15 is 0 Å². The van der Waals surface area contributed by atoms with Crippen molar-refractivity contribution >= 4 is 46.2 Å². The Bertz CT molecular complexity index is 1080. The number of hydrogen-bond donors (Lipinski definition) is 1. The number of methoxy groups -OCH3 is 1. The van der Waals surface area contributed by atoms with E-state index in [0.717, 1.165) is 53.8 Å². The lowest BCUT2D eigenvalue weighted by molar-refractivity contribution is 0.122. The third kappa shape index (κ3) is 5.98. The van der Waals surface area contributed by atoms with Gasteiger partial charge < -0.3 is 24.4 Å². The molecule has 3 aromatic rings. The van der Waals surface area contributed by atoms with Gasteiger partial charge in [0.1, 0.15) is 6.61 Å². The highest BCUT2D eigenvalue weighted by molar-refractivity contribution is 6.36. The molecule has 0 atom stereocenters. The maximum atomic E-state index is 6.54. The van der Waals surface area contributed by atoms with Crippen LogP contribution in [0, 0.1) is 0 Å². The summed E-state index contributed by atoms with van der Waals surface area (Å²) in [4.78, 5) is 2.25.